The van der Waals surface area contributed by atoms with E-state index in [2.05, 4.69) is 10.3 Å². The molecule has 1 unspecified atom stereocenters. The summed E-state index contributed by atoms with van der Waals surface area (Å²) in [5.41, 5.74) is 1.24. The number of thiazole rings is 1. The van der Waals surface area contributed by atoms with Crippen LogP contribution in [0.4, 0.5) is 0 Å². The highest BCUT2D eigenvalue weighted by molar-refractivity contribution is 7.15. The van der Waals surface area contributed by atoms with Crippen LogP contribution in [0.1, 0.15) is 35.9 Å². The standard InChI is InChI=1S/C12H15N3O3S/c1-3-4-8(11(17)18)13-10(16)9-5-15-7(2)6-19-12(15)14-9/h5-6,8H,3-4H2,1-2H3,(H,13,16)(H,17,18). The lowest BCUT2D eigenvalue weighted by molar-refractivity contribution is -0.139. The smallest absolute Gasteiger partial charge is 0.326 e. The molecule has 7 heteroatoms. The van der Waals surface area contributed by atoms with Gasteiger partial charge in [0.25, 0.3) is 5.91 Å². The van der Waals surface area contributed by atoms with Gasteiger partial charge in [0.1, 0.15) is 11.7 Å². The number of rotatable bonds is 5. The van der Waals surface area contributed by atoms with E-state index in [0.29, 0.717) is 12.8 Å². The number of nitrogens with zero attached hydrogens (tertiary/aromatic N) is 2. The normalized spacial score (nSPS) is 12.5. The van der Waals surface area contributed by atoms with Crippen molar-refractivity contribution in [3.63, 3.8) is 0 Å². The predicted molar refractivity (Wildman–Crippen MR) is 71.6 cm³/mol. The lowest BCUT2D eigenvalue weighted by Crippen LogP contribution is -2.40. The van der Waals surface area contributed by atoms with Gasteiger partial charge in [-0.3, -0.25) is 9.20 Å². The second-order valence-electron chi connectivity index (χ2n) is 4.31. The molecule has 102 valence electrons. The molecule has 0 aliphatic heterocycles. The first-order valence-electron chi connectivity index (χ1n) is 5.99. The topological polar surface area (TPSA) is 83.7 Å². The van der Waals surface area contributed by atoms with Crippen LogP contribution < -0.4 is 5.32 Å². The average molecular weight is 281 g/mol. The molecule has 0 saturated carbocycles. The van der Waals surface area contributed by atoms with Gasteiger partial charge in [-0.05, 0) is 13.3 Å². The molecule has 0 aliphatic rings. The van der Waals surface area contributed by atoms with Crippen LogP contribution in [0.2, 0.25) is 0 Å². The molecule has 2 N–H and O–H groups in total. The zero-order chi connectivity index (χ0) is 14.0. The number of hydrogen-bond acceptors (Lipinski definition) is 4. The molecule has 2 rings (SSSR count). The minimum absolute atomic E-state index is 0.248. The van der Waals surface area contributed by atoms with Gasteiger partial charge in [-0.15, -0.1) is 11.3 Å². The molecule has 1 atom stereocenters. The summed E-state index contributed by atoms with van der Waals surface area (Å²) in [6.45, 7) is 3.79. The summed E-state index contributed by atoms with van der Waals surface area (Å²) >= 11 is 1.44. The van der Waals surface area contributed by atoms with Crippen LogP contribution in [-0.4, -0.2) is 32.4 Å². The number of hydrogen-bond donors (Lipinski definition) is 2. The quantitative estimate of drug-likeness (QED) is 0.873. The lowest BCUT2D eigenvalue weighted by atomic mass is 10.1. The Kier molecular flexibility index (Phi) is 3.84. The molecule has 0 fully saturated rings. The van der Waals surface area contributed by atoms with Gasteiger partial charge < -0.3 is 10.4 Å². The Hall–Kier alpha value is -1.89. The molecule has 19 heavy (non-hydrogen) atoms. The Labute approximate surface area is 114 Å². The Bertz CT molecular complexity index is 617. The van der Waals surface area contributed by atoms with Crippen LogP contribution in [0.5, 0.6) is 0 Å². The summed E-state index contributed by atoms with van der Waals surface area (Å²) < 4.78 is 1.81. The number of aryl methyl sites for hydroxylation is 1. The first-order chi connectivity index (χ1) is 9.02. The van der Waals surface area contributed by atoms with E-state index < -0.39 is 17.9 Å². The Morgan fingerprint density at radius 2 is 2.32 bits per heavy atom. The van der Waals surface area contributed by atoms with Crippen molar-refractivity contribution in [2.24, 2.45) is 0 Å². The number of aliphatic carboxylic acids is 1. The number of nitrogens with one attached hydrogen (secondary N) is 1. The second-order valence-corrected chi connectivity index (χ2v) is 5.15. The molecule has 0 spiro atoms. The van der Waals surface area contributed by atoms with E-state index in [1.165, 1.54) is 11.3 Å². The number of carbonyl (C=O) groups is 2. The van der Waals surface area contributed by atoms with Crippen LogP contribution in [0.3, 0.4) is 0 Å². The van der Waals surface area contributed by atoms with E-state index in [1.807, 2.05) is 23.6 Å². The molecular weight excluding hydrogens is 266 g/mol. The number of carboxylic acid groups (broad SMARTS) is 1. The van der Waals surface area contributed by atoms with Crippen molar-refractivity contribution in [1.29, 1.82) is 0 Å². The summed E-state index contributed by atoms with van der Waals surface area (Å²) in [6, 6.07) is -0.863. The maximum atomic E-state index is 12.0. The van der Waals surface area contributed by atoms with Gasteiger partial charge >= 0.3 is 5.97 Å². The zero-order valence-corrected chi connectivity index (χ0v) is 11.5. The number of carboxylic acids is 1. The van der Waals surface area contributed by atoms with Crippen molar-refractivity contribution in [1.82, 2.24) is 14.7 Å². The van der Waals surface area contributed by atoms with Crippen LogP contribution in [0, 0.1) is 6.92 Å². The van der Waals surface area contributed by atoms with Crippen molar-refractivity contribution >= 4 is 28.2 Å². The predicted octanol–water partition coefficient (Wildman–Crippen LogP) is 1.69. The third-order valence-corrected chi connectivity index (χ3v) is 3.76. The van der Waals surface area contributed by atoms with Gasteiger partial charge in [0, 0.05) is 17.3 Å². The third kappa shape index (κ3) is 2.76. The fraction of sp³-hybridized carbons (Fsp3) is 0.417. The van der Waals surface area contributed by atoms with E-state index in [1.54, 1.807) is 6.20 Å². The Morgan fingerprint density at radius 3 is 2.89 bits per heavy atom. The van der Waals surface area contributed by atoms with Gasteiger partial charge in [0.05, 0.1) is 0 Å². The SMILES string of the molecule is CCCC(NC(=O)c1cn2c(C)csc2n1)C(=O)O. The highest BCUT2D eigenvalue weighted by Crippen LogP contribution is 2.15. The molecular formula is C12H15N3O3S. The molecule has 6 nitrogen and oxygen atoms in total. The maximum Gasteiger partial charge on any atom is 0.326 e. The zero-order valence-electron chi connectivity index (χ0n) is 10.7. The van der Waals surface area contributed by atoms with Crippen molar-refractivity contribution in [2.75, 3.05) is 0 Å². The van der Waals surface area contributed by atoms with Gasteiger partial charge in [0.15, 0.2) is 4.96 Å². The van der Waals surface area contributed by atoms with Crippen LogP contribution in [-0.2, 0) is 4.79 Å². The molecule has 2 aromatic heterocycles. The molecule has 0 radical (unpaired) electrons. The molecule has 2 heterocycles. The fourth-order valence-electron chi connectivity index (χ4n) is 1.78. The van der Waals surface area contributed by atoms with E-state index in [9.17, 15) is 9.59 Å². The monoisotopic (exact) mass is 281 g/mol. The number of aromatic nitrogens is 2. The number of carbonyl (C=O) groups excluding carboxylic acids is 1. The average Bonchev–Trinajstić information content (AvgIpc) is 2.91. The Balaban J connectivity index is 2.16. The van der Waals surface area contributed by atoms with Crippen molar-refractivity contribution in [2.45, 2.75) is 32.7 Å². The highest BCUT2D eigenvalue weighted by atomic mass is 32.1. The Morgan fingerprint density at radius 1 is 1.58 bits per heavy atom. The minimum Gasteiger partial charge on any atom is -0.480 e. The highest BCUT2D eigenvalue weighted by Gasteiger charge is 2.21. The van der Waals surface area contributed by atoms with Gasteiger partial charge in [-0.25, -0.2) is 9.78 Å². The van der Waals surface area contributed by atoms with E-state index in [4.69, 9.17) is 5.11 Å². The van der Waals surface area contributed by atoms with Crippen molar-refractivity contribution in [3.8, 4) is 0 Å². The lowest BCUT2D eigenvalue weighted by Gasteiger charge is -2.12. The molecule has 0 saturated heterocycles. The first kappa shape index (κ1) is 13.5. The number of amides is 1. The summed E-state index contributed by atoms with van der Waals surface area (Å²) in [5, 5.41) is 13.4. The first-order valence-corrected chi connectivity index (χ1v) is 6.87. The van der Waals surface area contributed by atoms with Gasteiger partial charge in [-0.2, -0.15) is 0 Å². The largest absolute Gasteiger partial charge is 0.480 e. The van der Waals surface area contributed by atoms with Gasteiger partial charge in [0.2, 0.25) is 0 Å². The molecule has 0 bridgehead atoms. The molecule has 0 aliphatic carbocycles. The number of imidazole rings is 1. The molecule has 1 amide bonds. The van der Waals surface area contributed by atoms with Crippen molar-refractivity contribution < 1.29 is 14.7 Å². The third-order valence-electron chi connectivity index (χ3n) is 2.80. The van der Waals surface area contributed by atoms with E-state index >= 15 is 0 Å². The second kappa shape index (κ2) is 5.40. The van der Waals surface area contributed by atoms with E-state index in [0.717, 1.165) is 10.7 Å². The van der Waals surface area contributed by atoms with Crippen LogP contribution in [0.25, 0.3) is 4.96 Å². The van der Waals surface area contributed by atoms with Crippen molar-refractivity contribution in [3.05, 3.63) is 23.0 Å². The minimum atomic E-state index is -1.02. The summed E-state index contributed by atoms with van der Waals surface area (Å²) in [4.78, 5) is 27.9. The maximum absolute atomic E-state index is 12.0. The van der Waals surface area contributed by atoms with Crippen LogP contribution in [0.15, 0.2) is 11.6 Å². The summed E-state index contributed by atoms with van der Waals surface area (Å²) in [5.74, 6) is -1.47. The summed E-state index contributed by atoms with van der Waals surface area (Å²) in [7, 11) is 0. The summed E-state index contributed by atoms with van der Waals surface area (Å²) in [6.07, 6.45) is 2.72. The van der Waals surface area contributed by atoms with E-state index in [-0.39, 0.29) is 5.69 Å². The fourth-order valence-corrected chi connectivity index (χ4v) is 2.63. The molecule has 0 aromatic carbocycles. The van der Waals surface area contributed by atoms with Crippen LogP contribution >= 0.6 is 11.3 Å². The number of fused-ring (bicyclic) bond motifs is 1. The van der Waals surface area contributed by atoms with Gasteiger partial charge in [-0.1, -0.05) is 13.3 Å². The molecule has 2 aromatic rings.